The number of hydrogen-bond acceptors (Lipinski definition) is 2. The SMILES string of the molecule is CCCCCC[C@@H](O)[C@H](O)C#C[Si](C)(C)C. The van der Waals surface area contributed by atoms with Gasteiger partial charge in [-0.2, -0.15) is 0 Å². The van der Waals surface area contributed by atoms with E-state index in [1.165, 1.54) is 12.8 Å². The second-order valence-corrected chi connectivity index (χ2v) is 10.1. The Kier molecular flexibility index (Phi) is 7.74. The van der Waals surface area contributed by atoms with Crippen LogP contribution in [0.25, 0.3) is 0 Å². The van der Waals surface area contributed by atoms with E-state index in [1.54, 1.807) is 0 Å². The van der Waals surface area contributed by atoms with Gasteiger partial charge in [-0.25, -0.2) is 0 Å². The van der Waals surface area contributed by atoms with Crippen LogP contribution >= 0.6 is 0 Å². The van der Waals surface area contributed by atoms with E-state index in [0.29, 0.717) is 6.42 Å². The third-order valence-electron chi connectivity index (χ3n) is 2.31. The van der Waals surface area contributed by atoms with Crippen LogP contribution in [0.3, 0.4) is 0 Å². The Morgan fingerprint density at radius 3 is 2.19 bits per heavy atom. The van der Waals surface area contributed by atoms with Gasteiger partial charge in [-0.1, -0.05) is 58.2 Å². The van der Waals surface area contributed by atoms with Gasteiger partial charge in [-0.3, -0.25) is 0 Å². The fraction of sp³-hybridized carbons (Fsp3) is 0.846. The fourth-order valence-electron chi connectivity index (χ4n) is 1.32. The highest BCUT2D eigenvalue weighted by molar-refractivity contribution is 6.83. The molecule has 0 aromatic rings. The third kappa shape index (κ3) is 8.96. The third-order valence-corrected chi connectivity index (χ3v) is 3.21. The maximum Gasteiger partial charge on any atom is 0.139 e. The predicted octanol–water partition coefficient (Wildman–Crippen LogP) is 2.56. The van der Waals surface area contributed by atoms with Crippen LogP contribution in [-0.4, -0.2) is 30.5 Å². The van der Waals surface area contributed by atoms with Crippen molar-refractivity contribution in [2.75, 3.05) is 0 Å². The molecule has 3 heteroatoms. The van der Waals surface area contributed by atoms with Gasteiger partial charge < -0.3 is 10.2 Å². The molecule has 2 N–H and O–H groups in total. The first-order chi connectivity index (χ1) is 7.37. The van der Waals surface area contributed by atoms with Crippen LogP contribution in [0.2, 0.25) is 19.6 Å². The standard InChI is InChI=1S/C13H26O2Si/c1-5-6-7-8-9-12(14)13(15)10-11-16(2,3)4/h12-15H,5-9H2,1-4H3/t12-,13-/m1/s1. The average Bonchev–Trinajstić information content (AvgIpc) is 2.19. The zero-order valence-corrected chi connectivity index (χ0v) is 12.1. The molecule has 0 fully saturated rings. The zero-order chi connectivity index (χ0) is 12.6. The van der Waals surface area contributed by atoms with Gasteiger partial charge in [-0.05, 0) is 6.42 Å². The molecule has 0 aliphatic heterocycles. The average molecular weight is 242 g/mol. The Labute approximate surface area is 101 Å². The summed E-state index contributed by atoms with van der Waals surface area (Å²) in [7, 11) is -1.44. The van der Waals surface area contributed by atoms with Crippen LogP contribution in [0.15, 0.2) is 0 Å². The van der Waals surface area contributed by atoms with E-state index < -0.39 is 20.3 Å². The molecule has 2 nitrogen and oxygen atoms in total. The van der Waals surface area contributed by atoms with Gasteiger partial charge in [0.25, 0.3) is 0 Å². The first kappa shape index (κ1) is 15.7. The molecule has 2 atom stereocenters. The first-order valence-electron chi connectivity index (χ1n) is 6.25. The summed E-state index contributed by atoms with van der Waals surface area (Å²) in [5.74, 6) is 2.78. The number of unbranched alkanes of at least 4 members (excludes halogenated alkanes) is 3. The molecule has 0 amide bonds. The molecule has 0 unspecified atom stereocenters. The number of aliphatic hydroxyl groups is 2. The van der Waals surface area contributed by atoms with Crippen LogP contribution in [0.5, 0.6) is 0 Å². The molecule has 16 heavy (non-hydrogen) atoms. The molecule has 0 spiro atoms. The van der Waals surface area contributed by atoms with Gasteiger partial charge in [0.05, 0.1) is 6.10 Å². The lowest BCUT2D eigenvalue weighted by atomic mass is 10.1. The van der Waals surface area contributed by atoms with Crippen LogP contribution in [0.1, 0.15) is 39.0 Å². The second-order valence-electron chi connectivity index (χ2n) is 5.38. The van der Waals surface area contributed by atoms with Gasteiger partial charge in [-0.15, -0.1) is 5.54 Å². The van der Waals surface area contributed by atoms with E-state index in [2.05, 4.69) is 38.0 Å². The highest BCUT2D eigenvalue weighted by atomic mass is 28.3. The minimum Gasteiger partial charge on any atom is -0.389 e. The maximum atomic E-state index is 9.68. The van der Waals surface area contributed by atoms with Crippen LogP contribution in [0.4, 0.5) is 0 Å². The van der Waals surface area contributed by atoms with Gasteiger partial charge >= 0.3 is 0 Å². The summed E-state index contributed by atoms with van der Waals surface area (Å²) in [6, 6.07) is 0. The van der Waals surface area contributed by atoms with Crippen molar-refractivity contribution in [3.63, 3.8) is 0 Å². The van der Waals surface area contributed by atoms with Crippen LogP contribution < -0.4 is 0 Å². The maximum absolute atomic E-state index is 9.68. The minimum absolute atomic E-state index is 0.654. The van der Waals surface area contributed by atoms with E-state index in [1.807, 2.05) is 0 Å². The molecule has 0 aliphatic carbocycles. The van der Waals surface area contributed by atoms with Crippen molar-refractivity contribution < 1.29 is 10.2 Å². The zero-order valence-electron chi connectivity index (χ0n) is 11.1. The summed E-state index contributed by atoms with van der Waals surface area (Å²) >= 11 is 0. The van der Waals surface area contributed by atoms with E-state index in [4.69, 9.17) is 0 Å². The highest BCUT2D eigenvalue weighted by Crippen LogP contribution is 2.08. The smallest absolute Gasteiger partial charge is 0.139 e. The van der Waals surface area contributed by atoms with Crippen molar-refractivity contribution in [3.05, 3.63) is 0 Å². The van der Waals surface area contributed by atoms with Gasteiger partial charge in [0.1, 0.15) is 14.2 Å². The van der Waals surface area contributed by atoms with Gasteiger partial charge in [0, 0.05) is 0 Å². The largest absolute Gasteiger partial charge is 0.389 e. The predicted molar refractivity (Wildman–Crippen MR) is 71.9 cm³/mol. The molecular weight excluding hydrogens is 216 g/mol. The molecule has 0 saturated carbocycles. The first-order valence-corrected chi connectivity index (χ1v) is 9.75. The Balaban J connectivity index is 3.89. The van der Waals surface area contributed by atoms with Crippen LogP contribution in [-0.2, 0) is 0 Å². The number of hydrogen-bond donors (Lipinski definition) is 2. The molecule has 0 rings (SSSR count). The van der Waals surface area contributed by atoms with Crippen molar-refractivity contribution in [2.45, 2.75) is 70.9 Å². The molecule has 0 saturated heterocycles. The monoisotopic (exact) mass is 242 g/mol. The van der Waals surface area contributed by atoms with Crippen LogP contribution in [0, 0.1) is 11.5 Å². The lowest BCUT2D eigenvalue weighted by molar-refractivity contribution is 0.0469. The van der Waals surface area contributed by atoms with Gasteiger partial charge in [0.15, 0.2) is 0 Å². The lowest BCUT2D eigenvalue weighted by Gasteiger charge is -2.13. The quantitative estimate of drug-likeness (QED) is 0.427. The lowest BCUT2D eigenvalue weighted by Crippen LogP contribution is -2.26. The minimum atomic E-state index is -1.44. The normalized spacial score (nSPS) is 15.1. The van der Waals surface area contributed by atoms with Crippen molar-refractivity contribution in [1.29, 1.82) is 0 Å². The Morgan fingerprint density at radius 2 is 1.69 bits per heavy atom. The fourth-order valence-corrected chi connectivity index (χ4v) is 1.91. The topological polar surface area (TPSA) is 40.5 Å². The van der Waals surface area contributed by atoms with E-state index in [9.17, 15) is 10.2 Å². The van der Waals surface area contributed by atoms with Crippen molar-refractivity contribution >= 4 is 8.07 Å². The Hall–Kier alpha value is -0.303. The molecule has 0 radical (unpaired) electrons. The second kappa shape index (κ2) is 7.89. The number of aliphatic hydroxyl groups excluding tert-OH is 2. The van der Waals surface area contributed by atoms with E-state index >= 15 is 0 Å². The molecular formula is C13H26O2Si. The summed E-state index contributed by atoms with van der Waals surface area (Å²) in [4.78, 5) is 0. The van der Waals surface area contributed by atoms with E-state index in [0.717, 1.165) is 12.8 Å². The molecule has 0 aromatic carbocycles. The molecule has 94 valence electrons. The molecule has 0 aromatic heterocycles. The molecule has 0 heterocycles. The van der Waals surface area contributed by atoms with Crippen molar-refractivity contribution in [1.82, 2.24) is 0 Å². The van der Waals surface area contributed by atoms with Gasteiger partial charge in [0.2, 0.25) is 0 Å². The van der Waals surface area contributed by atoms with Crippen molar-refractivity contribution in [3.8, 4) is 11.5 Å². The summed E-state index contributed by atoms with van der Waals surface area (Å²) in [6.07, 6.45) is 3.59. The molecule has 0 bridgehead atoms. The summed E-state index contributed by atoms with van der Waals surface area (Å²) in [6.45, 7) is 8.53. The van der Waals surface area contributed by atoms with E-state index in [-0.39, 0.29) is 0 Å². The summed E-state index contributed by atoms with van der Waals surface area (Å²) in [5.41, 5.74) is 3.08. The summed E-state index contributed by atoms with van der Waals surface area (Å²) < 4.78 is 0. The molecule has 0 aliphatic rings. The summed E-state index contributed by atoms with van der Waals surface area (Å²) in [5, 5.41) is 19.3. The Morgan fingerprint density at radius 1 is 1.06 bits per heavy atom. The number of rotatable bonds is 6. The Bertz CT molecular complexity index is 235. The highest BCUT2D eigenvalue weighted by Gasteiger charge is 2.14. The van der Waals surface area contributed by atoms with Crippen molar-refractivity contribution in [2.24, 2.45) is 0 Å².